The van der Waals surface area contributed by atoms with Gasteiger partial charge in [0.05, 0.1) is 13.2 Å². The molecule has 2 heterocycles. The average Bonchev–Trinajstić information content (AvgIpc) is 2.38. The van der Waals surface area contributed by atoms with Crippen molar-refractivity contribution in [1.82, 2.24) is 15.3 Å². The molecule has 1 aliphatic heterocycles. The third-order valence-electron chi connectivity index (χ3n) is 2.84. The third kappa shape index (κ3) is 3.11. The summed E-state index contributed by atoms with van der Waals surface area (Å²) in [5.41, 5.74) is 5.83. The van der Waals surface area contributed by atoms with Crippen molar-refractivity contribution in [3.05, 3.63) is 12.4 Å². The molecule has 1 atom stereocenters. The van der Waals surface area contributed by atoms with Gasteiger partial charge in [0, 0.05) is 25.0 Å². The van der Waals surface area contributed by atoms with E-state index in [0.717, 1.165) is 0 Å². The number of rotatable bonds is 3. The van der Waals surface area contributed by atoms with Gasteiger partial charge in [0.15, 0.2) is 11.6 Å². The number of morpholine rings is 1. The lowest BCUT2D eigenvalue weighted by atomic mass is 10.2. The maximum atomic E-state index is 12.2. The van der Waals surface area contributed by atoms with Gasteiger partial charge in [-0.1, -0.05) is 0 Å². The second-order valence-electron chi connectivity index (χ2n) is 4.71. The van der Waals surface area contributed by atoms with Gasteiger partial charge < -0.3 is 20.7 Å². The van der Waals surface area contributed by atoms with Crippen LogP contribution in [-0.2, 0) is 9.53 Å². The molecule has 0 radical (unpaired) electrons. The predicted octanol–water partition coefficient (Wildman–Crippen LogP) is -0.211. The highest BCUT2D eigenvalue weighted by molar-refractivity contribution is 5.86. The second-order valence-corrected chi connectivity index (χ2v) is 4.71. The van der Waals surface area contributed by atoms with Gasteiger partial charge in [0.2, 0.25) is 5.91 Å². The number of amides is 1. The van der Waals surface area contributed by atoms with Crippen molar-refractivity contribution >= 4 is 17.5 Å². The van der Waals surface area contributed by atoms with E-state index in [1.807, 2.05) is 18.7 Å². The van der Waals surface area contributed by atoms with Gasteiger partial charge in [-0.25, -0.2) is 9.97 Å². The Labute approximate surface area is 112 Å². The smallest absolute Gasteiger partial charge is 0.245 e. The molecule has 3 N–H and O–H groups in total. The van der Waals surface area contributed by atoms with Gasteiger partial charge in [-0.3, -0.25) is 4.79 Å². The quantitative estimate of drug-likeness (QED) is 0.785. The van der Waals surface area contributed by atoms with Crippen LogP contribution in [0.25, 0.3) is 0 Å². The van der Waals surface area contributed by atoms with Crippen molar-refractivity contribution in [3.8, 4) is 0 Å². The predicted molar refractivity (Wildman–Crippen MR) is 71.7 cm³/mol. The van der Waals surface area contributed by atoms with Crippen LogP contribution in [0.4, 0.5) is 11.6 Å². The molecule has 0 spiro atoms. The fourth-order valence-electron chi connectivity index (χ4n) is 2.02. The Morgan fingerprint density at radius 3 is 2.95 bits per heavy atom. The summed E-state index contributed by atoms with van der Waals surface area (Å²) >= 11 is 0. The van der Waals surface area contributed by atoms with Crippen LogP contribution in [0.1, 0.15) is 13.8 Å². The molecular formula is C12H19N5O2. The SMILES string of the molecule is CC(C)NC(=O)C1COCCN1c1nccnc1N. The number of carbonyl (C=O) groups is 1. The lowest BCUT2D eigenvalue weighted by molar-refractivity contribution is -0.125. The van der Waals surface area contributed by atoms with Crippen LogP contribution in [0.15, 0.2) is 12.4 Å². The number of carbonyl (C=O) groups excluding carboxylic acids is 1. The first kappa shape index (κ1) is 13.5. The first-order valence-corrected chi connectivity index (χ1v) is 6.31. The van der Waals surface area contributed by atoms with Crippen LogP contribution < -0.4 is 16.0 Å². The van der Waals surface area contributed by atoms with Crippen molar-refractivity contribution in [3.63, 3.8) is 0 Å². The molecule has 2 rings (SSSR count). The molecule has 1 fully saturated rings. The molecule has 1 aromatic rings. The number of hydrogen-bond donors (Lipinski definition) is 2. The fourth-order valence-corrected chi connectivity index (χ4v) is 2.02. The van der Waals surface area contributed by atoms with E-state index in [4.69, 9.17) is 10.5 Å². The molecule has 0 aromatic carbocycles. The Bertz CT molecular complexity index is 452. The summed E-state index contributed by atoms with van der Waals surface area (Å²) in [6.45, 7) is 5.28. The summed E-state index contributed by atoms with van der Waals surface area (Å²) in [5, 5.41) is 2.88. The zero-order valence-corrected chi connectivity index (χ0v) is 11.2. The summed E-state index contributed by atoms with van der Waals surface area (Å²) in [4.78, 5) is 22.3. The number of nitrogens with one attached hydrogen (secondary N) is 1. The van der Waals surface area contributed by atoms with Crippen LogP contribution >= 0.6 is 0 Å². The number of hydrogen-bond acceptors (Lipinski definition) is 6. The summed E-state index contributed by atoms with van der Waals surface area (Å²) in [5.74, 6) is 0.779. The summed E-state index contributed by atoms with van der Waals surface area (Å²) in [6.07, 6.45) is 3.10. The van der Waals surface area contributed by atoms with Crippen LogP contribution in [0.2, 0.25) is 0 Å². The highest BCUT2D eigenvalue weighted by Crippen LogP contribution is 2.21. The molecule has 1 saturated heterocycles. The van der Waals surface area contributed by atoms with Gasteiger partial charge in [0.25, 0.3) is 0 Å². The van der Waals surface area contributed by atoms with Gasteiger partial charge in [-0.15, -0.1) is 0 Å². The van der Waals surface area contributed by atoms with Gasteiger partial charge in [-0.2, -0.15) is 0 Å². The lowest BCUT2D eigenvalue weighted by Crippen LogP contribution is -2.55. The van der Waals surface area contributed by atoms with Crippen LogP contribution in [0, 0.1) is 0 Å². The van der Waals surface area contributed by atoms with Crippen molar-refractivity contribution in [2.75, 3.05) is 30.4 Å². The molecule has 19 heavy (non-hydrogen) atoms. The van der Waals surface area contributed by atoms with E-state index in [1.54, 1.807) is 6.20 Å². The molecule has 104 valence electrons. The Morgan fingerprint density at radius 2 is 2.26 bits per heavy atom. The van der Waals surface area contributed by atoms with Crippen LogP contribution in [0.5, 0.6) is 0 Å². The standard InChI is InChI=1S/C12H19N5O2/c1-8(2)16-12(18)9-7-19-6-5-17(9)11-10(13)14-3-4-15-11/h3-4,8-9H,5-7H2,1-2H3,(H2,13,14)(H,16,18). The van der Waals surface area contributed by atoms with E-state index < -0.39 is 6.04 Å². The molecule has 7 nitrogen and oxygen atoms in total. The Kier molecular flexibility index (Phi) is 4.16. The minimum absolute atomic E-state index is 0.0791. The highest BCUT2D eigenvalue weighted by atomic mass is 16.5. The summed E-state index contributed by atoms with van der Waals surface area (Å²) in [6, 6.07) is -0.342. The van der Waals surface area contributed by atoms with Crippen molar-refractivity contribution in [2.45, 2.75) is 25.9 Å². The van der Waals surface area contributed by atoms with E-state index in [0.29, 0.717) is 31.4 Å². The number of ether oxygens (including phenoxy) is 1. The van der Waals surface area contributed by atoms with Crippen molar-refractivity contribution in [2.24, 2.45) is 0 Å². The third-order valence-corrected chi connectivity index (χ3v) is 2.84. The van der Waals surface area contributed by atoms with Crippen LogP contribution in [-0.4, -0.2) is 47.7 Å². The van der Waals surface area contributed by atoms with E-state index in [-0.39, 0.29) is 11.9 Å². The average molecular weight is 265 g/mol. The first-order valence-electron chi connectivity index (χ1n) is 6.31. The largest absolute Gasteiger partial charge is 0.381 e. The molecule has 1 aromatic heterocycles. The maximum Gasteiger partial charge on any atom is 0.245 e. The monoisotopic (exact) mass is 265 g/mol. The molecule has 0 saturated carbocycles. The normalized spacial score (nSPS) is 19.5. The summed E-state index contributed by atoms with van der Waals surface area (Å²) < 4.78 is 5.38. The van der Waals surface area contributed by atoms with Gasteiger partial charge >= 0.3 is 0 Å². The minimum atomic E-state index is -0.421. The molecule has 0 bridgehead atoms. The molecular weight excluding hydrogens is 246 g/mol. The number of aromatic nitrogens is 2. The molecule has 0 aliphatic carbocycles. The lowest BCUT2D eigenvalue weighted by Gasteiger charge is -2.35. The molecule has 7 heteroatoms. The maximum absolute atomic E-state index is 12.2. The fraction of sp³-hybridized carbons (Fsp3) is 0.583. The number of anilines is 2. The Morgan fingerprint density at radius 1 is 1.53 bits per heavy atom. The summed E-state index contributed by atoms with van der Waals surface area (Å²) in [7, 11) is 0. The van der Waals surface area contributed by atoms with Crippen molar-refractivity contribution < 1.29 is 9.53 Å². The van der Waals surface area contributed by atoms with Gasteiger partial charge in [0.1, 0.15) is 6.04 Å². The molecule has 1 amide bonds. The Hall–Kier alpha value is -1.89. The zero-order valence-electron chi connectivity index (χ0n) is 11.2. The minimum Gasteiger partial charge on any atom is -0.381 e. The Balaban J connectivity index is 2.21. The number of nitrogens with zero attached hydrogens (tertiary/aromatic N) is 3. The van der Waals surface area contributed by atoms with Gasteiger partial charge in [-0.05, 0) is 13.8 Å². The van der Waals surface area contributed by atoms with E-state index in [1.165, 1.54) is 6.20 Å². The van der Waals surface area contributed by atoms with Crippen LogP contribution in [0.3, 0.4) is 0 Å². The zero-order chi connectivity index (χ0) is 13.8. The van der Waals surface area contributed by atoms with E-state index in [9.17, 15) is 4.79 Å². The first-order chi connectivity index (χ1) is 9.09. The topological polar surface area (TPSA) is 93.4 Å². The second kappa shape index (κ2) is 5.83. The molecule has 1 unspecified atom stereocenters. The van der Waals surface area contributed by atoms with E-state index >= 15 is 0 Å². The van der Waals surface area contributed by atoms with Crippen molar-refractivity contribution in [1.29, 1.82) is 0 Å². The number of nitrogens with two attached hydrogens (primary N) is 1. The number of nitrogen functional groups attached to an aromatic ring is 1. The molecule has 1 aliphatic rings. The van der Waals surface area contributed by atoms with E-state index in [2.05, 4.69) is 15.3 Å². The highest BCUT2D eigenvalue weighted by Gasteiger charge is 2.31.